The van der Waals surface area contributed by atoms with Crippen LogP contribution in [-0.4, -0.2) is 17.1 Å². The van der Waals surface area contributed by atoms with E-state index in [2.05, 4.69) is 0 Å². The number of aliphatic carboxylic acids is 1. The average Bonchev–Trinajstić information content (AvgIpc) is 2.29. The van der Waals surface area contributed by atoms with Gasteiger partial charge in [0.1, 0.15) is 0 Å². The van der Waals surface area contributed by atoms with Gasteiger partial charge in [-0.25, -0.2) is 22.0 Å². The summed E-state index contributed by atoms with van der Waals surface area (Å²) in [7, 11) is 0. The molecule has 0 saturated heterocycles. The van der Waals surface area contributed by atoms with Crippen molar-refractivity contribution in [2.45, 2.75) is 18.9 Å². The van der Waals surface area contributed by atoms with Crippen molar-refractivity contribution in [1.82, 2.24) is 0 Å². The number of halogens is 6. The van der Waals surface area contributed by atoms with Crippen molar-refractivity contribution in [2.24, 2.45) is 5.73 Å². The molecule has 3 nitrogen and oxygen atoms in total. The van der Waals surface area contributed by atoms with Crippen LogP contribution >= 0.6 is 12.4 Å². The van der Waals surface area contributed by atoms with Gasteiger partial charge in [-0.3, -0.25) is 4.79 Å². The Bertz CT molecular complexity index is 468. The van der Waals surface area contributed by atoms with Crippen LogP contribution in [-0.2, 0) is 11.2 Å². The molecule has 19 heavy (non-hydrogen) atoms. The van der Waals surface area contributed by atoms with Crippen molar-refractivity contribution in [1.29, 1.82) is 0 Å². The highest BCUT2D eigenvalue weighted by molar-refractivity contribution is 5.85. The first kappa shape index (κ1) is 17.6. The minimum absolute atomic E-state index is 0. The summed E-state index contributed by atoms with van der Waals surface area (Å²) >= 11 is 0. The quantitative estimate of drug-likeness (QED) is 0.509. The molecule has 0 spiro atoms. The molecule has 0 aromatic heterocycles. The van der Waals surface area contributed by atoms with Crippen molar-refractivity contribution in [2.75, 3.05) is 0 Å². The lowest BCUT2D eigenvalue weighted by Gasteiger charge is -2.12. The SMILES string of the molecule is Cl.N[C@@H](CC(=O)O)Cc1c(F)c(F)c(F)c(F)c1F. The van der Waals surface area contributed by atoms with E-state index < -0.39 is 59.5 Å². The lowest BCUT2D eigenvalue weighted by Crippen LogP contribution is -2.27. The fourth-order valence-corrected chi connectivity index (χ4v) is 1.39. The van der Waals surface area contributed by atoms with Crippen molar-refractivity contribution < 1.29 is 31.9 Å². The minimum atomic E-state index is -2.26. The second kappa shape index (κ2) is 6.67. The minimum Gasteiger partial charge on any atom is -0.481 e. The van der Waals surface area contributed by atoms with E-state index in [9.17, 15) is 26.7 Å². The summed E-state index contributed by atoms with van der Waals surface area (Å²) in [5.41, 5.74) is 4.12. The fourth-order valence-electron chi connectivity index (χ4n) is 1.39. The molecule has 1 aromatic carbocycles. The smallest absolute Gasteiger partial charge is 0.304 e. The standard InChI is InChI=1S/C10H8F5NO2.ClH/c11-6-4(1-3(16)2-5(17)18)7(12)9(14)10(15)8(6)13;/h3H,1-2,16H2,(H,17,18);1H/t3-;/m1./s1. The highest BCUT2D eigenvalue weighted by atomic mass is 35.5. The van der Waals surface area contributed by atoms with E-state index >= 15 is 0 Å². The van der Waals surface area contributed by atoms with E-state index in [0.29, 0.717) is 0 Å². The maximum Gasteiger partial charge on any atom is 0.304 e. The van der Waals surface area contributed by atoms with E-state index in [-0.39, 0.29) is 12.4 Å². The molecule has 3 N–H and O–H groups in total. The third-order valence-corrected chi connectivity index (χ3v) is 2.20. The molecule has 9 heteroatoms. The first-order valence-corrected chi connectivity index (χ1v) is 4.73. The molecule has 0 aliphatic rings. The van der Waals surface area contributed by atoms with Gasteiger partial charge in [0.05, 0.1) is 6.42 Å². The second-order valence-electron chi connectivity index (χ2n) is 3.61. The number of rotatable bonds is 4. The first-order valence-electron chi connectivity index (χ1n) is 4.73. The van der Waals surface area contributed by atoms with Gasteiger partial charge in [0.2, 0.25) is 5.82 Å². The molecule has 1 aromatic rings. The summed E-state index contributed by atoms with van der Waals surface area (Å²) in [6.45, 7) is 0. The maximum absolute atomic E-state index is 13.2. The largest absolute Gasteiger partial charge is 0.481 e. The molecular weight excluding hydrogens is 297 g/mol. The van der Waals surface area contributed by atoms with Gasteiger partial charge in [-0.1, -0.05) is 0 Å². The van der Waals surface area contributed by atoms with Crippen LogP contribution in [0.4, 0.5) is 22.0 Å². The molecule has 0 saturated carbocycles. The zero-order valence-electron chi connectivity index (χ0n) is 9.22. The Hall–Kier alpha value is -1.41. The fraction of sp³-hybridized carbons (Fsp3) is 0.300. The third kappa shape index (κ3) is 3.77. The Morgan fingerprint density at radius 1 is 1.00 bits per heavy atom. The third-order valence-electron chi connectivity index (χ3n) is 2.20. The van der Waals surface area contributed by atoms with Crippen molar-refractivity contribution in [3.8, 4) is 0 Å². The van der Waals surface area contributed by atoms with Gasteiger partial charge < -0.3 is 10.8 Å². The molecule has 108 valence electrons. The van der Waals surface area contributed by atoms with Gasteiger partial charge in [-0.05, 0) is 6.42 Å². The maximum atomic E-state index is 13.2. The topological polar surface area (TPSA) is 63.3 Å². The molecule has 1 rings (SSSR count). The summed E-state index contributed by atoms with van der Waals surface area (Å²) in [5.74, 6) is -11.7. The van der Waals surface area contributed by atoms with E-state index in [1.54, 1.807) is 0 Å². The predicted octanol–water partition coefficient (Wildman–Crippen LogP) is 2.15. The van der Waals surface area contributed by atoms with Gasteiger partial charge >= 0.3 is 5.97 Å². The van der Waals surface area contributed by atoms with Gasteiger partial charge in [-0.2, -0.15) is 0 Å². The van der Waals surface area contributed by atoms with Gasteiger partial charge in [0.15, 0.2) is 23.3 Å². The van der Waals surface area contributed by atoms with Crippen molar-refractivity contribution >= 4 is 18.4 Å². The van der Waals surface area contributed by atoms with E-state index in [0.717, 1.165) is 0 Å². The summed E-state index contributed by atoms with van der Waals surface area (Å²) in [4.78, 5) is 10.3. The number of carboxylic acid groups (broad SMARTS) is 1. The van der Waals surface area contributed by atoms with Crippen LogP contribution in [0.1, 0.15) is 12.0 Å². The molecule has 0 aliphatic heterocycles. The molecule has 0 bridgehead atoms. The van der Waals surface area contributed by atoms with Crippen LogP contribution in [0.5, 0.6) is 0 Å². The normalized spacial score (nSPS) is 11.9. The molecular formula is C10H9ClF5NO2. The highest BCUT2D eigenvalue weighted by Crippen LogP contribution is 2.24. The Morgan fingerprint density at radius 3 is 1.74 bits per heavy atom. The van der Waals surface area contributed by atoms with E-state index in [4.69, 9.17) is 10.8 Å². The summed E-state index contributed by atoms with van der Waals surface area (Å²) < 4.78 is 64.6. The lowest BCUT2D eigenvalue weighted by atomic mass is 10.0. The molecule has 0 aliphatic carbocycles. The Balaban J connectivity index is 0.00000324. The predicted molar refractivity (Wildman–Crippen MR) is 57.4 cm³/mol. The summed E-state index contributed by atoms with van der Waals surface area (Å²) in [6.07, 6.45) is -1.42. The number of carboxylic acids is 1. The van der Waals surface area contributed by atoms with Crippen molar-refractivity contribution in [3.05, 3.63) is 34.6 Å². The van der Waals surface area contributed by atoms with Crippen LogP contribution in [0, 0.1) is 29.1 Å². The average molecular weight is 306 g/mol. The Morgan fingerprint density at radius 2 is 1.37 bits per heavy atom. The number of nitrogens with two attached hydrogens (primary N) is 1. The van der Waals surface area contributed by atoms with E-state index in [1.165, 1.54) is 0 Å². The molecule has 0 amide bonds. The van der Waals surface area contributed by atoms with Crippen LogP contribution < -0.4 is 5.73 Å². The van der Waals surface area contributed by atoms with Gasteiger partial charge in [0, 0.05) is 11.6 Å². The zero-order valence-corrected chi connectivity index (χ0v) is 10.0. The summed E-state index contributed by atoms with van der Waals surface area (Å²) in [5, 5.41) is 8.38. The highest BCUT2D eigenvalue weighted by Gasteiger charge is 2.26. The molecule has 0 unspecified atom stereocenters. The number of carbonyl (C=O) groups is 1. The number of benzene rings is 1. The molecule has 1 atom stereocenters. The van der Waals surface area contributed by atoms with Crippen LogP contribution in [0.3, 0.4) is 0 Å². The Kier molecular flexibility index (Phi) is 6.17. The van der Waals surface area contributed by atoms with Crippen molar-refractivity contribution in [3.63, 3.8) is 0 Å². The van der Waals surface area contributed by atoms with Crippen LogP contribution in [0.2, 0.25) is 0 Å². The van der Waals surface area contributed by atoms with E-state index in [1.807, 2.05) is 0 Å². The number of hydrogen-bond donors (Lipinski definition) is 2. The first-order chi connectivity index (χ1) is 8.25. The molecule has 0 radical (unpaired) electrons. The van der Waals surface area contributed by atoms with Crippen LogP contribution in [0.25, 0.3) is 0 Å². The lowest BCUT2D eigenvalue weighted by molar-refractivity contribution is -0.137. The summed E-state index contributed by atoms with van der Waals surface area (Å²) in [6, 6.07) is -1.25. The van der Waals surface area contributed by atoms with Crippen LogP contribution in [0.15, 0.2) is 0 Å². The van der Waals surface area contributed by atoms with Gasteiger partial charge in [0.25, 0.3) is 0 Å². The van der Waals surface area contributed by atoms with Gasteiger partial charge in [-0.15, -0.1) is 12.4 Å². The number of hydrogen-bond acceptors (Lipinski definition) is 2. The Labute approximate surface area is 110 Å². The molecule has 0 fully saturated rings. The monoisotopic (exact) mass is 305 g/mol. The second-order valence-corrected chi connectivity index (χ2v) is 3.61. The molecule has 0 heterocycles. The zero-order chi connectivity index (χ0) is 14.0.